The molecule has 1 N–H and O–H groups in total. The summed E-state index contributed by atoms with van der Waals surface area (Å²) in [5.41, 5.74) is 3.87. The van der Waals surface area contributed by atoms with Crippen molar-refractivity contribution in [1.82, 2.24) is 0 Å². The lowest BCUT2D eigenvalue weighted by atomic mass is 10.0. The lowest BCUT2D eigenvalue weighted by molar-refractivity contribution is 0.101. The Morgan fingerprint density at radius 1 is 1.19 bits per heavy atom. The zero-order chi connectivity index (χ0) is 15.2. The number of benzene rings is 2. The molecule has 0 heterocycles. The maximum Gasteiger partial charge on any atom is 0.161 e. The van der Waals surface area contributed by atoms with Gasteiger partial charge < -0.3 is 8.91 Å². The predicted molar refractivity (Wildman–Crippen MR) is 84.8 cm³/mol. The van der Waals surface area contributed by atoms with Crippen LogP contribution in [0, 0.1) is 11.3 Å². The minimum atomic E-state index is -0.0134. The summed E-state index contributed by atoms with van der Waals surface area (Å²) in [5, 5.41) is 8.82. The third kappa shape index (κ3) is 3.63. The molecule has 0 atom stereocenters. The second-order valence-electron chi connectivity index (χ2n) is 4.36. The van der Waals surface area contributed by atoms with E-state index in [9.17, 15) is 4.79 Å². The number of nitriles is 1. The maximum absolute atomic E-state index is 11.6. The fourth-order valence-electron chi connectivity index (χ4n) is 1.94. The van der Waals surface area contributed by atoms with Gasteiger partial charge in [0, 0.05) is 5.56 Å². The lowest BCUT2D eigenvalue weighted by Crippen LogP contribution is -1.99. The first-order chi connectivity index (χ1) is 10.2. The number of carbonyl (C=O) groups is 1. The van der Waals surface area contributed by atoms with E-state index in [4.69, 9.17) is 9.44 Å². The van der Waals surface area contributed by atoms with E-state index in [2.05, 4.69) is 10.8 Å². The number of carbonyl (C=O) groups excluding carboxylic acids is 1. The first-order valence-corrected chi connectivity index (χ1v) is 7.01. The summed E-state index contributed by atoms with van der Waals surface area (Å²) < 4.78 is 7.91. The van der Waals surface area contributed by atoms with Crippen molar-refractivity contribution >= 4 is 23.7 Å². The Bertz CT molecular complexity index is 690. The molecule has 2 aromatic carbocycles. The quantitative estimate of drug-likeness (QED) is 0.512. The minimum Gasteiger partial charge on any atom is -0.306 e. The smallest absolute Gasteiger partial charge is 0.161 e. The highest BCUT2D eigenvalue weighted by atomic mass is 32.2. The van der Waals surface area contributed by atoms with E-state index in [0.29, 0.717) is 16.8 Å². The van der Waals surface area contributed by atoms with Crippen molar-refractivity contribution in [2.45, 2.75) is 6.92 Å². The summed E-state index contributed by atoms with van der Waals surface area (Å²) in [4.78, 5) is 11.6. The summed E-state index contributed by atoms with van der Waals surface area (Å²) in [6, 6.07) is 15.0. The Kier molecular flexibility index (Phi) is 4.99. The zero-order valence-electron chi connectivity index (χ0n) is 11.7. The highest BCUT2D eigenvalue weighted by Crippen LogP contribution is 2.28. The molecule has 0 saturated carbocycles. The van der Waals surface area contributed by atoms with Crippen LogP contribution >= 0.6 is 12.2 Å². The molecule has 0 saturated heterocycles. The Morgan fingerprint density at radius 3 is 2.43 bits per heavy atom. The summed E-state index contributed by atoms with van der Waals surface area (Å²) in [5.74, 6) is -0.0134. The van der Waals surface area contributed by atoms with Crippen molar-refractivity contribution in [3.05, 3.63) is 53.6 Å². The van der Waals surface area contributed by atoms with E-state index >= 15 is 0 Å². The molecule has 2 rings (SSSR count). The summed E-state index contributed by atoms with van der Waals surface area (Å²) >= 11 is 1.06. The highest BCUT2D eigenvalue weighted by molar-refractivity contribution is 7.96. The minimum absolute atomic E-state index is 0.0134. The van der Waals surface area contributed by atoms with E-state index in [1.54, 1.807) is 25.3 Å². The number of Topliss-reactive ketones (excluding diaryl/α,β-unsaturated/α-hetero) is 1. The number of nitrogens with one attached hydrogen (secondary N) is 1. The first-order valence-electron chi connectivity index (χ1n) is 6.27. The van der Waals surface area contributed by atoms with Crippen LogP contribution in [0.25, 0.3) is 11.1 Å². The van der Waals surface area contributed by atoms with Gasteiger partial charge in [-0.3, -0.25) is 4.79 Å². The summed E-state index contributed by atoms with van der Waals surface area (Å²) in [6.45, 7) is 1.53. The van der Waals surface area contributed by atoms with Crippen molar-refractivity contribution in [1.29, 1.82) is 5.26 Å². The van der Waals surface area contributed by atoms with Crippen LogP contribution < -0.4 is 4.72 Å². The molecule has 0 aliphatic carbocycles. The van der Waals surface area contributed by atoms with Gasteiger partial charge in [-0.2, -0.15) is 5.26 Å². The van der Waals surface area contributed by atoms with Crippen molar-refractivity contribution in [2.75, 3.05) is 11.8 Å². The van der Waals surface area contributed by atoms with Gasteiger partial charge in [0.15, 0.2) is 5.78 Å². The molecule has 0 aliphatic rings. The van der Waals surface area contributed by atoms with Crippen LogP contribution in [0.2, 0.25) is 0 Å². The molecule has 0 bridgehead atoms. The van der Waals surface area contributed by atoms with Gasteiger partial charge in [-0.25, -0.2) is 0 Å². The van der Waals surface area contributed by atoms with Crippen LogP contribution in [-0.4, -0.2) is 12.9 Å². The molecule has 21 heavy (non-hydrogen) atoms. The number of nitrogens with zero attached hydrogens (tertiary/aromatic N) is 1. The van der Waals surface area contributed by atoms with Crippen LogP contribution in [0.3, 0.4) is 0 Å². The number of rotatable bonds is 5. The third-order valence-corrected chi connectivity index (χ3v) is 3.45. The van der Waals surface area contributed by atoms with E-state index in [1.165, 1.54) is 6.92 Å². The monoisotopic (exact) mass is 298 g/mol. The summed E-state index contributed by atoms with van der Waals surface area (Å²) in [7, 11) is 1.55. The van der Waals surface area contributed by atoms with Gasteiger partial charge >= 0.3 is 0 Å². The van der Waals surface area contributed by atoms with Crippen LogP contribution in [0.4, 0.5) is 5.69 Å². The largest absolute Gasteiger partial charge is 0.306 e. The molecule has 4 nitrogen and oxygen atoms in total. The van der Waals surface area contributed by atoms with Crippen molar-refractivity contribution in [2.24, 2.45) is 0 Å². The topological polar surface area (TPSA) is 62.1 Å². The molecular formula is C16H14N2O2S. The fraction of sp³-hybridized carbons (Fsp3) is 0.125. The zero-order valence-corrected chi connectivity index (χ0v) is 12.5. The average molecular weight is 298 g/mol. The number of hydrogen-bond acceptors (Lipinski definition) is 5. The number of hydrogen-bond donors (Lipinski definition) is 1. The molecule has 106 valence electrons. The molecular weight excluding hydrogens is 284 g/mol. The number of anilines is 1. The normalized spacial score (nSPS) is 9.95. The van der Waals surface area contributed by atoms with Crippen molar-refractivity contribution in [3.63, 3.8) is 0 Å². The third-order valence-electron chi connectivity index (χ3n) is 2.98. The molecule has 0 radical (unpaired) electrons. The molecule has 0 unspecified atom stereocenters. The molecule has 0 spiro atoms. The highest BCUT2D eigenvalue weighted by Gasteiger charge is 2.09. The van der Waals surface area contributed by atoms with Crippen LogP contribution in [0.1, 0.15) is 22.8 Å². The standard InChI is InChI=1S/C16H14N2O2S/c1-11(19)15-8-7-14(9-16(15)18-21-20-2)13-5-3-12(10-17)4-6-13/h3-9,18H,1-2H3. The molecule has 2 aromatic rings. The van der Waals surface area contributed by atoms with Gasteiger partial charge in [0.05, 0.1) is 24.4 Å². The Labute approximate surface area is 128 Å². The van der Waals surface area contributed by atoms with Crippen molar-refractivity contribution in [3.8, 4) is 17.2 Å². The van der Waals surface area contributed by atoms with Gasteiger partial charge in [-0.05, 0) is 42.3 Å². The Hall–Kier alpha value is -2.29. The second kappa shape index (κ2) is 6.93. The average Bonchev–Trinajstić information content (AvgIpc) is 2.52. The predicted octanol–water partition coefficient (Wildman–Crippen LogP) is 4.05. The van der Waals surface area contributed by atoms with Crippen molar-refractivity contribution < 1.29 is 8.98 Å². The van der Waals surface area contributed by atoms with Crippen LogP contribution in [0.5, 0.6) is 0 Å². The van der Waals surface area contributed by atoms with E-state index in [0.717, 1.165) is 23.4 Å². The van der Waals surface area contributed by atoms with E-state index < -0.39 is 0 Å². The van der Waals surface area contributed by atoms with Gasteiger partial charge in [0.25, 0.3) is 0 Å². The van der Waals surface area contributed by atoms with Gasteiger partial charge in [-0.15, -0.1) is 0 Å². The molecule has 0 aliphatic heterocycles. The Balaban J connectivity index is 2.40. The van der Waals surface area contributed by atoms with Gasteiger partial charge in [0.2, 0.25) is 0 Å². The van der Waals surface area contributed by atoms with Gasteiger partial charge in [0.1, 0.15) is 12.2 Å². The molecule has 0 aromatic heterocycles. The SMILES string of the molecule is COSNc1cc(-c2ccc(C#N)cc2)ccc1C(C)=O. The lowest BCUT2D eigenvalue weighted by Gasteiger charge is -2.11. The Morgan fingerprint density at radius 2 is 1.86 bits per heavy atom. The fourth-order valence-corrected chi connectivity index (χ4v) is 2.28. The summed E-state index contributed by atoms with van der Waals surface area (Å²) in [6.07, 6.45) is 0. The van der Waals surface area contributed by atoms with Gasteiger partial charge in [-0.1, -0.05) is 18.2 Å². The van der Waals surface area contributed by atoms with Crippen LogP contribution in [-0.2, 0) is 4.18 Å². The van der Waals surface area contributed by atoms with E-state index in [-0.39, 0.29) is 5.78 Å². The first kappa shape index (κ1) is 15.1. The number of ketones is 1. The second-order valence-corrected chi connectivity index (χ2v) is 5.06. The molecule has 0 fully saturated rings. The van der Waals surface area contributed by atoms with E-state index in [1.807, 2.05) is 24.3 Å². The molecule has 5 heteroatoms. The maximum atomic E-state index is 11.6. The molecule has 0 amide bonds. The van der Waals surface area contributed by atoms with Crippen LogP contribution in [0.15, 0.2) is 42.5 Å².